The van der Waals surface area contributed by atoms with Crippen LogP contribution in [-0.2, 0) is 9.53 Å². The zero-order valence-corrected chi connectivity index (χ0v) is 15.0. The Bertz CT molecular complexity index is 592. The number of nitrogens with zero attached hydrogens (tertiary/aromatic N) is 3. The molecule has 0 radical (unpaired) electrons. The highest BCUT2D eigenvalue weighted by Gasteiger charge is 2.45. The van der Waals surface area contributed by atoms with Gasteiger partial charge in [-0.15, -0.1) is 0 Å². The molecule has 1 spiro atoms. The Morgan fingerprint density at radius 2 is 1.96 bits per heavy atom. The largest absolute Gasteiger partial charge is 0.362 e. The Balaban J connectivity index is 1.33. The molecule has 1 aromatic heterocycles. The summed E-state index contributed by atoms with van der Waals surface area (Å²) in [7, 11) is 0. The lowest BCUT2D eigenvalue weighted by atomic mass is 9.87. The summed E-state index contributed by atoms with van der Waals surface area (Å²) in [6.07, 6.45) is 5.79. The van der Waals surface area contributed by atoms with Crippen LogP contribution in [0.15, 0.2) is 4.52 Å². The van der Waals surface area contributed by atoms with Crippen LogP contribution >= 0.6 is 11.8 Å². The van der Waals surface area contributed by atoms with Crippen molar-refractivity contribution in [2.75, 3.05) is 24.6 Å². The number of likely N-dealkylation sites (tertiary alicyclic amines) is 1. The minimum absolute atomic E-state index is 0.0798. The molecule has 7 heteroatoms. The van der Waals surface area contributed by atoms with E-state index < -0.39 is 0 Å². The molecular formula is C17H25N3O3S. The van der Waals surface area contributed by atoms with E-state index in [-0.39, 0.29) is 17.6 Å². The molecule has 1 atom stereocenters. The van der Waals surface area contributed by atoms with Gasteiger partial charge in [-0.25, -0.2) is 0 Å². The molecule has 0 bridgehead atoms. The first kappa shape index (κ1) is 16.4. The maximum absolute atomic E-state index is 12.7. The molecule has 4 rings (SSSR count). The van der Waals surface area contributed by atoms with Crippen LogP contribution in [0.25, 0.3) is 0 Å². The van der Waals surface area contributed by atoms with Gasteiger partial charge in [0.25, 0.3) is 5.89 Å². The molecule has 3 aliphatic rings. The van der Waals surface area contributed by atoms with Crippen molar-refractivity contribution < 1.29 is 14.1 Å². The van der Waals surface area contributed by atoms with E-state index in [1.54, 1.807) is 0 Å². The van der Waals surface area contributed by atoms with Gasteiger partial charge in [-0.1, -0.05) is 5.16 Å². The summed E-state index contributed by atoms with van der Waals surface area (Å²) in [5, 5.41) is 3.86. The second-order valence-electron chi connectivity index (χ2n) is 7.22. The number of aromatic nitrogens is 2. The van der Waals surface area contributed by atoms with Crippen LogP contribution in [0.2, 0.25) is 0 Å². The number of hydrogen-bond donors (Lipinski definition) is 0. The van der Waals surface area contributed by atoms with Crippen LogP contribution < -0.4 is 0 Å². The number of carbonyl (C=O) groups excluding carboxylic acids is 1. The summed E-state index contributed by atoms with van der Waals surface area (Å²) >= 11 is 1.97. The van der Waals surface area contributed by atoms with Crippen LogP contribution in [0, 0.1) is 12.8 Å². The van der Waals surface area contributed by atoms with Crippen molar-refractivity contribution in [3.8, 4) is 0 Å². The topological polar surface area (TPSA) is 68.5 Å². The van der Waals surface area contributed by atoms with Crippen LogP contribution in [0.5, 0.6) is 0 Å². The van der Waals surface area contributed by atoms with E-state index in [2.05, 4.69) is 15.0 Å². The fraction of sp³-hybridized carbons (Fsp3) is 0.824. The highest BCUT2D eigenvalue weighted by Crippen LogP contribution is 2.44. The summed E-state index contributed by atoms with van der Waals surface area (Å²) in [6, 6.07) is 0. The van der Waals surface area contributed by atoms with E-state index >= 15 is 0 Å². The summed E-state index contributed by atoms with van der Waals surface area (Å²) < 4.78 is 11.6. The van der Waals surface area contributed by atoms with Gasteiger partial charge in [0.2, 0.25) is 5.91 Å². The van der Waals surface area contributed by atoms with Gasteiger partial charge in [-0.2, -0.15) is 16.7 Å². The molecule has 3 fully saturated rings. The molecule has 0 aliphatic carbocycles. The van der Waals surface area contributed by atoms with Crippen molar-refractivity contribution in [1.82, 2.24) is 15.0 Å². The smallest absolute Gasteiger partial charge is 0.255 e. The third-order valence-electron chi connectivity index (χ3n) is 5.63. The lowest BCUT2D eigenvalue weighted by molar-refractivity contribution is -0.142. The number of amides is 1. The lowest BCUT2D eigenvalue weighted by Gasteiger charge is -2.40. The van der Waals surface area contributed by atoms with Crippen molar-refractivity contribution in [2.45, 2.75) is 57.2 Å². The molecule has 3 saturated heterocycles. The van der Waals surface area contributed by atoms with E-state index in [4.69, 9.17) is 9.26 Å². The number of piperidine rings is 1. The van der Waals surface area contributed by atoms with Crippen LogP contribution in [0.1, 0.15) is 56.3 Å². The first-order valence-electron chi connectivity index (χ1n) is 9.00. The normalized spacial score (nSPS) is 27.7. The number of rotatable bonds is 2. The Labute approximate surface area is 146 Å². The van der Waals surface area contributed by atoms with Crippen molar-refractivity contribution in [1.29, 1.82) is 0 Å². The molecule has 132 valence electrons. The van der Waals surface area contributed by atoms with Crippen molar-refractivity contribution in [2.24, 2.45) is 5.92 Å². The fourth-order valence-electron chi connectivity index (χ4n) is 4.14. The van der Waals surface area contributed by atoms with Gasteiger partial charge in [0.05, 0.1) is 5.60 Å². The van der Waals surface area contributed by atoms with Gasteiger partial charge in [-0.05, 0) is 57.0 Å². The first-order valence-corrected chi connectivity index (χ1v) is 10.2. The second-order valence-corrected chi connectivity index (χ2v) is 8.44. The fourth-order valence-corrected chi connectivity index (χ4v) is 5.24. The molecule has 0 unspecified atom stereocenters. The third kappa shape index (κ3) is 3.20. The molecule has 0 saturated carbocycles. The summed E-state index contributed by atoms with van der Waals surface area (Å²) in [5.41, 5.74) is -0.105. The summed E-state index contributed by atoms with van der Waals surface area (Å²) in [5.74, 6) is 4.12. The zero-order valence-electron chi connectivity index (χ0n) is 14.2. The standard InChI is InChI=1S/C17H25N3O3S/c1-12-18-15(23-19-12)14-2-5-17(22-14)6-8-20(9-7-17)16(21)13-3-10-24-11-4-13/h13-14H,2-11H2,1H3/t14-/m1/s1. The van der Waals surface area contributed by atoms with Gasteiger partial charge in [-0.3, -0.25) is 4.79 Å². The average Bonchev–Trinajstić information content (AvgIpc) is 3.23. The number of thioether (sulfide) groups is 1. The van der Waals surface area contributed by atoms with Crippen molar-refractivity contribution in [3.63, 3.8) is 0 Å². The zero-order chi connectivity index (χ0) is 16.6. The second kappa shape index (κ2) is 6.67. The Morgan fingerprint density at radius 1 is 1.21 bits per heavy atom. The minimum Gasteiger partial charge on any atom is -0.362 e. The molecule has 24 heavy (non-hydrogen) atoms. The van der Waals surface area contributed by atoms with Gasteiger partial charge < -0.3 is 14.2 Å². The van der Waals surface area contributed by atoms with E-state index in [0.717, 1.165) is 63.1 Å². The van der Waals surface area contributed by atoms with Crippen LogP contribution in [0.4, 0.5) is 0 Å². The van der Waals surface area contributed by atoms with Gasteiger partial charge in [0.15, 0.2) is 5.82 Å². The molecular weight excluding hydrogens is 326 g/mol. The highest BCUT2D eigenvalue weighted by atomic mass is 32.2. The SMILES string of the molecule is Cc1noc([C@H]2CCC3(CCN(C(=O)C4CCSCC4)CC3)O2)n1. The Hall–Kier alpha value is -1.08. The molecule has 1 aromatic rings. The van der Waals surface area contributed by atoms with E-state index in [9.17, 15) is 4.79 Å². The molecule has 4 heterocycles. The molecule has 6 nitrogen and oxygen atoms in total. The maximum Gasteiger partial charge on any atom is 0.255 e. The van der Waals surface area contributed by atoms with E-state index in [1.807, 2.05) is 18.7 Å². The van der Waals surface area contributed by atoms with E-state index in [1.165, 1.54) is 0 Å². The summed E-state index contributed by atoms with van der Waals surface area (Å²) in [6.45, 7) is 3.46. The van der Waals surface area contributed by atoms with Crippen LogP contribution in [0.3, 0.4) is 0 Å². The molecule has 3 aliphatic heterocycles. The average molecular weight is 351 g/mol. The number of aryl methyl sites for hydroxylation is 1. The Kier molecular flexibility index (Phi) is 4.56. The predicted molar refractivity (Wildman–Crippen MR) is 90.7 cm³/mol. The Morgan fingerprint density at radius 3 is 2.62 bits per heavy atom. The van der Waals surface area contributed by atoms with Gasteiger partial charge in [0.1, 0.15) is 6.10 Å². The quantitative estimate of drug-likeness (QED) is 0.816. The lowest BCUT2D eigenvalue weighted by Crippen LogP contribution is -2.48. The predicted octanol–water partition coefficient (Wildman–Crippen LogP) is 2.73. The number of carbonyl (C=O) groups is 1. The number of hydrogen-bond acceptors (Lipinski definition) is 6. The highest BCUT2D eigenvalue weighted by molar-refractivity contribution is 7.99. The number of ether oxygens (including phenoxy) is 1. The monoisotopic (exact) mass is 351 g/mol. The summed E-state index contributed by atoms with van der Waals surface area (Å²) in [4.78, 5) is 19.1. The van der Waals surface area contributed by atoms with Gasteiger partial charge in [0, 0.05) is 19.0 Å². The van der Waals surface area contributed by atoms with Gasteiger partial charge >= 0.3 is 0 Å². The van der Waals surface area contributed by atoms with Crippen molar-refractivity contribution in [3.05, 3.63) is 11.7 Å². The van der Waals surface area contributed by atoms with Crippen molar-refractivity contribution >= 4 is 17.7 Å². The molecule has 0 N–H and O–H groups in total. The first-order chi connectivity index (χ1) is 11.7. The van der Waals surface area contributed by atoms with E-state index in [0.29, 0.717) is 17.6 Å². The third-order valence-corrected chi connectivity index (χ3v) is 6.68. The minimum atomic E-state index is -0.105. The maximum atomic E-state index is 12.7. The molecule has 0 aromatic carbocycles. The van der Waals surface area contributed by atoms with Crippen LogP contribution in [-0.4, -0.2) is 51.1 Å². The molecule has 1 amide bonds.